The monoisotopic (exact) mass is 683 g/mol. The van der Waals surface area contributed by atoms with Crippen LogP contribution in [0.15, 0.2) is 65.6 Å². The van der Waals surface area contributed by atoms with Crippen molar-refractivity contribution in [1.82, 2.24) is 9.79 Å². The number of para-hydroxylation sites is 2. The molecule has 0 saturated carbocycles. The molecule has 1 fully saturated rings. The van der Waals surface area contributed by atoms with Crippen LogP contribution in [-0.4, -0.2) is 62.0 Å². The highest BCUT2D eigenvalue weighted by Crippen LogP contribution is 2.32. The van der Waals surface area contributed by atoms with E-state index in [1.807, 2.05) is 40.6 Å². The lowest BCUT2D eigenvalue weighted by atomic mass is 10.0. The molecule has 1 unspecified atom stereocenters. The van der Waals surface area contributed by atoms with Gasteiger partial charge in [0.2, 0.25) is 21.1 Å². The Labute approximate surface area is 269 Å². The molecular formula is C31H29N3O11S2. The molecule has 16 heteroatoms. The van der Waals surface area contributed by atoms with E-state index < -0.39 is 67.0 Å². The van der Waals surface area contributed by atoms with Crippen LogP contribution in [-0.2, 0) is 46.4 Å². The smallest absolute Gasteiger partial charge is 0.351 e. The minimum absolute atomic E-state index is 0.0191. The number of nitrogens with one attached hydrogen (secondary N) is 1. The van der Waals surface area contributed by atoms with Gasteiger partial charge in [-0.3, -0.25) is 9.59 Å². The van der Waals surface area contributed by atoms with E-state index in [0.29, 0.717) is 16.3 Å². The third-order valence-electron chi connectivity index (χ3n) is 7.74. The Morgan fingerprint density at radius 3 is 2.02 bits per heavy atom. The van der Waals surface area contributed by atoms with Gasteiger partial charge in [0.25, 0.3) is 11.8 Å². The van der Waals surface area contributed by atoms with Gasteiger partial charge in [0, 0.05) is 36.3 Å². The van der Waals surface area contributed by atoms with Crippen molar-refractivity contribution in [3.8, 4) is 5.75 Å². The van der Waals surface area contributed by atoms with Crippen LogP contribution in [0.25, 0.3) is 21.8 Å². The number of aryl methyl sites for hydroxylation is 2. The molecule has 0 spiro atoms. The number of hydroxylamine groups is 2. The number of ether oxygens (including phenoxy) is 1. The quantitative estimate of drug-likeness (QED) is 0.0639. The summed E-state index contributed by atoms with van der Waals surface area (Å²) in [5.74, 6) is -5.18. The molecule has 1 aliphatic rings. The number of carbonyl (C=O) groups excluding carboxylic acids is 4. The number of amides is 2. The third-order valence-corrected chi connectivity index (χ3v) is 10.1. The van der Waals surface area contributed by atoms with Gasteiger partial charge in [-0.2, -0.15) is 9.29 Å². The van der Waals surface area contributed by atoms with Gasteiger partial charge < -0.3 is 14.1 Å². The van der Waals surface area contributed by atoms with Gasteiger partial charge in [-0.25, -0.2) is 26.4 Å². The normalized spacial score (nSPS) is 14.5. The number of imide groups is 1. The average Bonchev–Trinajstić information content (AvgIpc) is 3.33. The van der Waals surface area contributed by atoms with Gasteiger partial charge in [-0.1, -0.05) is 30.3 Å². The predicted octanol–water partition coefficient (Wildman–Crippen LogP) is 1.84. The molecule has 0 radical (unpaired) electrons. The van der Waals surface area contributed by atoms with Crippen molar-refractivity contribution in [2.45, 2.75) is 44.0 Å². The molecule has 0 aliphatic carbocycles. The first-order valence-electron chi connectivity index (χ1n) is 14.2. The zero-order valence-electron chi connectivity index (χ0n) is 25.4. The highest BCUT2D eigenvalue weighted by atomic mass is 32.2. The Hall–Kier alpha value is -4.77. The minimum atomic E-state index is -4.92. The Kier molecular flexibility index (Phi) is 9.14. The van der Waals surface area contributed by atoms with Gasteiger partial charge in [-0.15, -0.1) is 5.06 Å². The van der Waals surface area contributed by atoms with Crippen LogP contribution in [0.1, 0.15) is 40.7 Å². The molecule has 5 rings (SSSR count). The second kappa shape index (κ2) is 12.8. The molecule has 1 aromatic heterocycles. The largest absolute Gasteiger partial charge is 0.748 e. The van der Waals surface area contributed by atoms with E-state index in [2.05, 4.69) is 0 Å². The van der Waals surface area contributed by atoms with Crippen LogP contribution in [0.3, 0.4) is 0 Å². The van der Waals surface area contributed by atoms with Gasteiger partial charge in [0.1, 0.15) is 18.8 Å². The summed E-state index contributed by atoms with van der Waals surface area (Å²) < 4.78 is 71.1. The van der Waals surface area contributed by atoms with E-state index in [0.717, 1.165) is 11.0 Å². The lowest BCUT2D eigenvalue weighted by Crippen LogP contribution is -2.46. The molecule has 14 nitrogen and oxygen atoms in total. The zero-order chi connectivity index (χ0) is 34.3. The first-order valence-corrected chi connectivity index (χ1v) is 17.3. The molecule has 1 saturated heterocycles. The summed E-state index contributed by atoms with van der Waals surface area (Å²) in [5.41, 5.74) is 2.15. The van der Waals surface area contributed by atoms with Crippen LogP contribution >= 0.6 is 0 Å². The molecule has 0 bridgehead atoms. The van der Waals surface area contributed by atoms with Crippen molar-refractivity contribution in [3.63, 3.8) is 0 Å². The molecule has 1 N–H and O–H groups in total. The standard InChI is InChI=1S/C31H29N3O11S2/c1-18-12-13-25(47(42,43)32-22(16-17-46(39,40)41)30(37)45-34-26(35)14-15-27(34)36)19(2)29(18)44-31(38)28-20-8-4-6-10-23(20)33(3)24-11-7-5-9-21(24)28/h4-13,22,32H,14-17H2,1-3H3. The van der Waals surface area contributed by atoms with Crippen molar-refractivity contribution in [2.75, 3.05) is 5.75 Å². The fraction of sp³-hybridized carbons (Fsp3) is 0.258. The number of carbonyl (C=O) groups is 4. The Balaban J connectivity index is 1.50. The molecule has 2 amide bonds. The maximum absolute atomic E-state index is 13.9. The lowest BCUT2D eigenvalue weighted by molar-refractivity contribution is -0.617. The van der Waals surface area contributed by atoms with E-state index in [4.69, 9.17) is 9.57 Å². The fourth-order valence-electron chi connectivity index (χ4n) is 5.40. The van der Waals surface area contributed by atoms with E-state index in [1.54, 1.807) is 31.2 Å². The molecule has 1 aliphatic heterocycles. The maximum Gasteiger partial charge on any atom is 0.351 e. The van der Waals surface area contributed by atoms with Gasteiger partial charge >= 0.3 is 11.9 Å². The van der Waals surface area contributed by atoms with Gasteiger partial charge in [0.15, 0.2) is 0 Å². The minimum Gasteiger partial charge on any atom is -0.748 e. The molecule has 246 valence electrons. The van der Waals surface area contributed by atoms with Crippen molar-refractivity contribution >= 4 is 65.7 Å². The third kappa shape index (κ3) is 6.85. The van der Waals surface area contributed by atoms with E-state index in [-0.39, 0.29) is 34.8 Å². The summed E-state index contributed by atoms with van der Waals surface area (Å²) in [4.78, 5) is 55.0. The van der Waals surface area contributed by atoms with Gasteiger partial charge in [0.05, 0.1) is 31.3 Å². The number of sulfonamides is 1. The summed E-state index contributed by atoms with van der Waals surface area (Å²) in [7, 11) is -7.76. The zero-order valence-corrected chi connectivity index (χ0v) is 27.0. The highest BCUT2D eigenvalue weighted by molar-refractivity contribution is 7.89. The van der Waals surface area contributed by atoms with Crippen LogP contribution in [0, 0.1) is 13.8 Å². The van der Waals surface area contributed by atoms with Crippen LogP contribution in [0.4, 0.5) is 0 Å². The number of esters is 1. The summed E-state index contributed by atoms with van der Waals surface area (Å²) in [6, 6.07) is 15.0. The number of pyridine rings is 1. The number of fused-ring (bicyclic) bond motifs is 2. The summed E-state index contributed by atoms with van der Waals surface area (Å²) >= 11 is 0. The first-order chi connectivity index (χ1) is 22.1. The number of benzene rings is 3. The second-order valence-electron chi connectivity index (χ2n) is 10.9. The number of nitrogens with zero attached hydrogens (tertiary/aromatic N) is 2. The Morgan fingerprint density at radius 2 is 1.47 bits per heavy atom. The van der Waals surface area contributed by atoms with Crippen LogP contribution in [0.2, 0.25) is 0 Å². The van der Waals surface area contributed by atoms with E-state index in [9.17, 15) is 40.6 Å². The Morgan fingerprint density at radius 1 is 0.915 bits per heavy atom. The number of aromatic nitrogens is 1. The highest BCUT2D eigenvalue weighted by Gasteiger charge is 2.37. The summed E-state index contributed by atoms with van der Waals surface area (Å²) in [6.07, 6.45) is -1.35. The summed E-state index contributed by atoms with van der Waals surface area (Å²) in [6.45, 7) is 2.98. The molecule has 3 aromatic carbocycles. The SMILES string of the molecule is Cc1ccc(S(=O)(=O)NC(CCS(=O)(=O)[O-])C(=O)ON2C(=O)CCC2=O)c(C)c1OC(=O)c1c2ccccc2[n+](C)c2ccccc12. The van der Waals surface area contributed by atoms with Crippen LogP contribution in [0.5, 0.6) is 5.75 Å². The fourth-order valence-corrected chi connectivity index (χ4v) is 7.38. The van der Waals surface area contributed by atoms with Crippen LogP contribution < -0.4 is 14.0 Å². The van der Waals surface area contributed by atoms with Gasteiger partial charge in [-0.05, 0) is 44.0 Å². The molecule has 47 heavy (non-hydrogen) atoms. The number of hydrogen-bond donors (Lipinski definition) is 1. The lowest BCUT2D eigenvalue weighted by Gasteiger charge is -2.22. The van der Waals surface area contributed by atoms with Crippen molar-refractivity contribution in [2.24, 2.45) is 7.05 Å². The van der Waals surface area contributed by atoms with E-state index >= 15 is 0 Å². The maximum atomic E-state index is 13.9. The number of rotatable bonds is 10. The first kappa shape index (κ1) is 33.6. The second-order valence-corrected chi connectivity index (χ2v) is 14.1. The molecule has 1 atom stereocenters. The summed E-state index contributed by atoms with van der Waals surface area (Å²) in [5, 5.41) is 1.37. The average molecular weight is 684 g/mol. The number of hydrogen-bond acceptors (Lipinski definition) is 11. The predicted molar refractivity (Wildman–Crippen MR) is 164 cm³/mol. The van der Waals surface area contributed by atoms with Crippen molar-refractivity contribution < 1.29 is 54.7 Å². The molecular weight excluding hydrogens is 654 g/mol. The van der Waals surface area contributed by atoms with E-state index in [1.165, 1.54) is 19.1 Å². The molecule has 2 heterocycles. The van der Waals surface area contributed by atoms with Crippen molar-refractivity contribution in [1.29, 1.82) is 0 Å². The van der Waals surface area contributed by atoms with Crippen molar-refractivity contribution in [3.05, 3.63) is 77.4 Å². The molecule has 4 aromatic rings. The Bertz CT molecular complexity index is 2130. The topological polar surface area (TPSA) is 197 Å².